The van der Waals surface area contributed by atoms with Crippen LogP contribution in [0, 0.1) is 0 Å². The van der Waals surface area contributed by atoms with Gasteiger partial charge in [0.05, 0.1) is 0 Å². The summed E-state index contributed by atoms with van der Waals surface area (Å²) in [6.07, 6.45) is -2.99. The first-order chi connectivity index (χ1) is 11.4. The van der Waals surface area contributed by atoms with E-state index in [2.05, 4.69) is 30.8 Å². The van der Waals surface area contributed by atoms with Crippen LogP contribution in [0.25, 0.3) is 5.65 Å². The molecule has 8 nitrogen and oxygen atoms in total. The summed E-state index contributed by atoms with van der Waals surface area (Å²) in [5, 5.41) is 21.4. The van der Waals surface area contributed by atoms with Crippen LogP contribution in [0.1, 0.15) is 31.4 Å². The molecule has 0 amide bonds. The van der Waals surface area contributed by atoms with Gasteiger partial charge >= 0.3 is 6.18 Å². The molecule has 0 bridgehead atoms. The second-order valence-corrected chi connectivity index (χ2v) is 5.47. The SMILES string of the molecule is CC(C)c1nncn1CCNc1ccc2nnc(C(F)(F)F)n2n1. The number of fused-ring (bicyclic) bond motifs is 1. The molecule has 24 heavy (non-hydrogen) atoms. The van der Waals surface area contributed by atoms with Crippen LogP contribution in [0.4, 0.5) is 19.0 Å². The van der Waals surface area contributed by atoms with E-state index < -0.39 is 12.0 Å². The summed E-state index contributed by atoms with van der Waals surface area (Å²) in [6, 6.07) is 2.98. The Morgan fingerprint density at radius 1 is 1.17 bits per heavy atom. The number of halogens is 3. The summed E-state index contributed by atoms with van der Waals surface area (Å²) in [6.45, 7) is 5.04. The lowest BCUT2D eigenvalue weighted by Gasteiger charge is -2.10. The first-order valence-electron chi connectivity index (χ1n) is 7.27. The zero-order valence-corrected chi connectivity index (χ0v) is 13.0. The number of nitrogens with one attached hydrogen (secondary N) is 1. The smallest absolute Gasteiger partial charge is 0.367 e. The highest BCUT2D eigenvalue weighted by Crippen LogP contribution is 2.27. The first kappa shape index (κ1) is 16.1. The minimum absolute atomic E-state index is 0.0359. The van der Waals surface area contributed by atoms with Gasteiger partial charge in [-0.25, -0.2) is 0 Å². The van der Waals surface area contributed by atoms with Gasteiger partial charge < -0.3 is 9.88 Å². The Bertz CT molecular complexity index is 835. The van der Waals surface area contributed by atoms with E-state index in [-0.39, 0.29) is 11.6 Å². The first-order valence-corrected chi connectivity index (χ1v) is 7.27. The molecule has 0 unspecified atom stereocenters. The van der Waals surface area contributed by atoms with Crippen molar-refractivity contribution in [3.05, 3.63) is 30.1 Å². The summed E-state index contributed by atoms with van der Waals surface area (Å²) < 4.78 is 41.1. The van der Waals surface area contributed by atoms with Gasteiger partial charge in [0.25, 0.3) is 5.82 Å². The van der Waals surface area contributed by atoms with Crippen molar-refractivity contribution >= 4 is 11.5 Å². The van der Waals surface area contributed by atoms with Crippen molar-refractivity contribution in [1.82, 2.24) is 34.6 Å². The minimum atomic E-state index is -4.61. The Morgan fingerprint density at radius 2 is 1.96 bits per heavy atom. The van der Waals surface area contributed by atoms with Gasteiger partial charge in [-0.15, -0.1) is 25.5 Å². The number of anilines is 1. The van der Waals surface area contributed by atoms with Gasteiger partial charge in [-0.2, -0.15) is 17.7 Å². The number of rotatable bonds is 5. The van der Waals surface area contributed by atoms with Crippen LogP contribution in [-0.2, 0) is 12.7 Å². The van der Waals surface area contributed by atoms with E-state index in [4.69, 9.17) is 0 Å². The summed E-state index contributed by atoms with van der Waals surface area (Å²) in [7, 11) is 0. The largest absolute Gasteiger partial charge is 0.453 e. The summed E-state index contributed by atoms with van der Waals surface area (Å²) >= 11 is 0. The van der Waals surface area contributed by atoms with E-state index in [9.17, 15) is 13.2 Å². The number of aromatic nitrogens is 7. The highest BCUT2D eigenvalue weighted by molar-refractivity contribution is 5.44. The molecule has 3 aromatic heterocycles. The van der Waals surface area contributed by atoms with Crippen molar-refractivity contribution in [2.45, 2.75) is 32.5 Å². The van der Waals surface area contributed by atoms with Gasteiger partial charge in [0, 0.05) is 19.0 Å². The van der Waals surface area contributed by atoms with Gasteiger partial charge in [0.1, 0.15) is 18.0 Å². The molecule has 0 saturated carbocycles. The van der Waals surface area contributed by atoms with Crippen LogP contribution in [0.2, 0.25) is 0 Å². The third-order valence-corrected chi connectivity index (χ3v) is 3.34. The van der Waals surface area contributed by atoms with Crippen LogP contribution >= 0.6 is 0 Å². The van der Waals surface area contributed by atoms with Gasteiger partial charge in [0.15, 0.2) is 5.65 Å². The third-order valence-electron chi connectivity index (χ3n) is 3.34. The topological polar surface area (TPSA) is 85.8 Å². The van der Waals surface area contributed by atoms with E-state index in [0.717, 1.165) is 5.82 Å². The molecule has 3 aromatic rings. The maximum absolute atomic E-state index is 12.8. The molecule has 0 radical (unpaired) electrons. The fraction of sp³-hybridized carbons (Fsp3) is 0.462. The van der Waals surface area contributed by atoms with E-state index in [1.54, 1.807) is 12.4 Å². The van der Waals surface area contributed by atoms with Gasteiger partial charge in [-0.3, -0.25) is 0 Å². The molecule has 0 atom stereocenters. The molecular formula is C13H15F3N8. The van der Waals surface area contributed by atoms with E-state index in [1.165, 1.54) is 6.07 Å². The Morgan fingerprint density at radius 3 is 2.67 bits per heavy atom. The van der Waals surface area contributed by atoms with Crippen molar-refractivity contribution in [3.63, 3.8) is 0 Å². The quantitative estimate of drug-likeness (QED) is 0.764. The Kier molecular flexibility index (Phi) is 4.08. The average molecular weight is 340 g/mol. The molecule has 128 valence electrons. The van der Waals surface area contributed by atoms with Crippen molar-refractivity contribution in [1.29, 1.82) is 0 Å². The Labute approximate surface area is 134 Å². The fourth-order valence-electron chi connectivity index (χ4n) is 2.25. The Hall–Kier alpha value is -2.72. The lowest BCUT2D eigenvalue weighted by molar-refractivity contribution is -0.146. The van der Waals surface area contributed by atoms with Crippen molar-refractivity contribution < 1.29 is 13.2 Å². The second-order valence-electron chi connectivity index (χ2n) is 5.47. The molecule has 0 aromatic carbocycles. The highest BCUT2D eigenvalue weighted by atomic mass is 19.4. The van der Waals surface area contributed by atoms with Crippen molar-refractivity contribution in [2.75, 3.05) is 11.9 Å². The second kappa shape index (κ2) is 6.06. The number of hydrogen-bond donors (Lipinski definition) is 1. The van der Waals surface area contributed by atoms with Gasteiger partial charge in [-0.05, 0) is 12.1 Å². The summed E-state index contributed by atoms with van der Waals surface area (Å²) in [5.41, 5.74) is 0.0359. The molecule has 0 aliphatic rings. The lowest BCUT2D eigenvalue weighted by atomic mass is 10.2. The zero-order chi connectivity index (χ0) is 17.3. The molecular weight excluding hydrogens is 325 g/mol. The maximum atomic E-state index is 12.8. The lowest BCUT2D eigenvalue weighted by Crippen LogP contribution is -2.16. The molecule has 0 aliphatic carbocycles. The van der Waals surface area contributed by atoms with Gasteiger partial charge in [0.2, 0.25) is 0 Å². The molecule has 0 fully saturated rings. The molecule has 0 spiro atoms. The fourth-order valence-corrected chi connectivity index (χ4v) is 2.25. The standard InChI is InChI=1S/C13H15F3N8/c1-8(2)11-20-18-7-23(11)6-5-17-9-3-4-10-19-21-12(13(14,15)16)24(10)22-9/h3-4,7-8H,5-6H2,1-2H3,(H,17,22). The molecule has 1 N–H and O–H groups in total. The van der Waals surface area contributed by atoms with E-state index in [0.29, 0.717) is 23.4 Å². The van der Waals surface area contributed by atoms with Crippen LogP contribution in [0.5, 0.6) is 0 Å². The van der Waals surface area contributed by atoms with Crippen LogP contribution in [0.15, 0.2) is 18.5 Å². The van der Waals surface area contributed by atoms with E-state index >= 15 is 0 Å². The molecule has 0 aliphatic heterocycles. The van der Waals surface area contributed by atoms with Crippen LogP contribution in [-0.4, -0.2) is 41.1 Å². The number of alkyl halides is 3. The molecule has 11 heteroatoms. The minimum Gasteiger partial charge on any atom is -0.367 e. The molecule has 0 saturated heterocycles. The Balaban J connectivity index is 1.72. The van der Waals surface area contributed by atoms with Crippen LogP contribution in [0.3, 0.4) is 0 Å². The third kappa shape index (κ3) is 3.14. The molecule has 3 heterocycles. The zero-order valence-electron chi connectivity index (χ0n) is 13.0. The normalized spacial score (nSPS) is 12.2. The molecule has 3 rings (SSSR count). The summed E-state index contributed by atoms with van der Waals surface area (Å²) in [4.78, 5) is 0. The van der Waals surface area contributed by atoms with Crippen LogP contribution < -0.4 is 5.32 Å². The average Bonchev–Trinajstić information content (AvgIpc) is 3.12. The highest BCUT2D eigenvalue weighted by Gasteiger charge is 2.37. The number of nitrogens with zero attached hydrogens (tertiary/aromatic N) is 7. The maximum Gasteiger partial charge on any atom is 0.453 e. The predicted molar refractivity (Wildman–Crippen MR) is 78.4 cm³/mol. The number of hydrogen-bond acceptors (Lipinski definition) is 6. The van der Waals surface area contributed by atoms with Crippen molar-refractivity contribution in [2.24, 2.45) is 0 Å². The summed E-state index contributed by atoms with van der Waals surface area (Å²) in [5.74, 6) is 0.223. The predicted octanol–water partition coefficient (Wildman–Crippen LogP) is 1.97. The van der Waals surface area contributed by atoms with Crippen molar-refractivity contribution in [3.8, 4) is 0 Å². The monoisotopic (exact) mass is 340 g/mol. The van der Waals surface area contributed by atoms with E-state index in [1.807, 2.05) is 18.4 Å². The van der Waals surface area contributed by atoms with Gasteiger partial charge in [-0.1, -0.05) is 13.8 Å².